The zero-order valence-corrected chi connectivity index (χ0v) is 26.9. The topological polar surface area (TPSA) is 351 Å². The molecule has 1 unspecified atom stereocenters. The molecule has 1 saturated carbocycles. The molecule has 18 atom stereocenters. The number of hydrogen-bond acceptors (Lipinski definition) is 20. The van der Waals surface area contributed by atoms with E-state index >= 15 is 0 Å². The van der Waals surface area contributed by atoms with Crippen LogP contribution in [-0.2, 0) is 28.4 Å². The third-order valence-electron chi connectivity index (χ3n) is 9.39. The third kappa shape index (κ3) is 9.54. The number of aliphatic hydroxyl groups excluding tert-OH is 7. The van der Waals surface area contributed by atoms with Crippen LogP contribution < -0.4 is 39.3 Å². The van der Waals surface area contributed by atoms with Crippen LogP contribution in [0.2, 0.25) is 0 Å². The average molecular weight is 700 g/mol. The summed E-state index contributed by atoms with van der Waals surface area (Å²) in [5, 5.41) is 78.9. The summed E-state index contributed by atoms with van der Waals surface area (Å²) in [6.07, 6.45) is -15.0. The maximum atomic E-state index is 11.6. The fourth-order valence-corrected chi connectivity index (χ4v) is 6.51. The molecule has 0 aromatic rings. The predicted octanol–water partition coefficient (Wildman–Crippen LogP) is -8.26. The second-order valence-corrected chi connectivity index (χ2v) is 12.9. The lowest BCUT2D eigenvalue weighted by Crippen LogP contribution is -2.66. The minimum atomic E-state index is -1.58. The summed E-state index contributed by atoms with van der Waals surface area (Å²) < 4.78 is 36.0. The van der Waals surface area contributed by atoms with Gasteiger partial charge in [-0.05, 0) is 19.3 Å². The number of aliphatic hydroxyl groups is 7. The smallest absolute Gasteiger partial charge is 0.187 e. The number of rotatable bonds is 16. The normalized spacial score (nSPS) is 46.1. The van der Waals surface area contributed by atoms with Gasteiger partial charge in [0, 0.05) is 44.8 Å². The highest BCUT2D eigenvalue weighted by Crippen LogP contribution is 2.34. The van der Waals surface area contributed by atoms with Crippen molar-refractivity contribution in [3.05, 3.63) is 0 Å². The molecule has 3 heterocycles. The minimum absolute atomic E-state index is 0.0127. The lowest BCUT2D eigenvalue weighted by atomic mass is 9.83. The quantitative estimate of drug-likeness (QED) is 0.0665. The lowest BCUT2D eigenvalue weighted by molar-refractivity contribution is -0.290. The molecule has 48 heavy (non-hydrogen) atoms. The molecule has 0 bridgehead atoms. The van der Waals surface area contributed by atoms with Crippen molar-refractivity contribution in [1.82, 2.24) is 10.6 Å². The standard InChI is InChI=1S/C28H57N7O13/c29-6-11(38)8-35-15-5-14(32)23(46-26-13(31)2-1-12(43-26)9-34-3-4-36)25(19(15)39)48-28-22(42)24(17(10-37)45-28)47-27-18(33)21(41)20(40)16(7-30)44-27/h11-28,34-42H,1-10,29-33H2/t11?,12-,13+,14-,15+,16-,17+,18+,19-,20+,21+,22+,23+,24+,25+,26+,27+,28-/m0/s1. The monoisotopic (exact) mass is 699 g/mol. The van der Waals surface area contributed by atoms with E-state index in [2.05, 4.69) is 10.6 Å². The molecule has 3 aliphatic heterocycles. The Morgan fingerprint density at radius 3 is 2.10 bits per heavy atom. The summed E-state index contributed by atoms with van der Waals surface area (Å²) in [7, 11) is 0. The first-order chi connectivity index (χ1) is 22.9. The zero-order chi connectivity index (χ0) is 35.1. The van der Waals surface area contributed by atoms with Crippen LogP contribution in [0.1, 0.15) is 19.3 Å². The van der Waals surface area contributed by atoms with E-state index in [4.69, 9.17) is 62.2 Å². The van der Waals surface area contributed by atoms with Gasteiger partial charge in [0.2, 0.25) is 0 Å². The Morgan fingerprint density at radius 2 is 1.44 bits per heavy atom. The van der Waals surface area contributed by atoms with Gasteiger partial charge < -0.3 is 103 Å². The summed E-state index contributed by atoms with van der Waals surface area (Å²) in [6.45, 7) is 0.0643. The maximum Gasteiger partial charge on any atom is 0.187 e. The number of nitrogens with one attached hydrogen (secondary N) is 2. The molecule has 0 radical (unpaired) electrons. The average Bonchev–Trinajstić information content (AvgIpc) is 3.37. The molecule has 0 amide bonds. The summed E-state index contributed by atoms with van der Waals surface area (Å²) in [5.41, 5.74) is 30.2. The number of nitrogens with two attached hydrogens (primary N) is 5. The molecule has 20 heteroatoms. The van der Waals surface area contributed by atoms with Crippen LogP contribution in [-0.4, -0.2) is 192 Å². The Labute approximate surface area is 279 Å². The second-order valence-electron chi connectivity index (χ2n) is 12.9. The van der Waals surface area contributed by atoms with Crippen molar-refractivity contribution >= 4 is 0 Å². The summed E-state index contributed by atoms with van der Waals surface area (Å²) in [6, 6.07) is -3.22. The number of hydrogen-bond donors (Lipinski definition) is 14. The van der Waals surface area contributed by atoms with Gasteiger partial charge in [0.25, 0.3) is 0 Å². The van der Waals surface area contributed by atoms with Crippen LogP contribution in [0.15, 0.2) is 0 Å². The minimum Gasteiger partial charge on any atom is -0.395 e. The van der Waals surface area contributed by atoms with Crippen LogP contribution in [0, 0.1) is 0 Å². The van der Waals surface area contributed by atoms with Crippen molar-refractivity contribution in [3.8, 4) is 0 Å². The van der Waals surface area contributed by atoms with E-state index in [0.29, 0.717) is 25.9 Å². The Balaban J connectivity index is 1.51. The fourth-order valence-electron chi connectivity index (χ4n) is 6.51. The van der Waals surface area contributed by atoms with Gasteiger partial charge in [-0.3, -0.25) is 0 Å². The zero-order valence-electron chi connectivity index (χ0n) is 26.9. The number of ether oxygens (including phenoxy) is 6. The van der Waals surface area contributed by atoms with E-state index in [9.17, 15) is 30.6 Å². The van der Waals surface area contributed by atoms with Crippen molar-refractivity contribution in [1.29, 1.82) is 0 Å². The van der Waals surface area contributed by atoms with Gasteiger partial charge >= 0.3 is 0 Å². The van der Waals surface area contributed by atoms with Gasteiger partial charge in [-0.25, -0.2) is 0 Å². The van der Waals surface area contributed by atoms with E-state index in [-0.39, 0.29) is 38.8 Å². The van der Waals surface area contributed by atoms with E-state index < -0.39 is 111 Å². The first-order valence-corrected chi connectivity index (χ1v) is 16.6. The first kappa shape index (κ1) is 40.0. The van der Waals surface area contributed by atoms with Crippen LogP contribution in [0.3, 0.4) is 0 Å². The highest BCUT2D eigenvalue weighted by molar-refractivity contribution is 5.02. The Hall–Kier alpha value is -0.800. The third-order valence-corrected chi connectivity index (χ3v) is 9.39. The van der Waals surface area contributed by atoms with Crippen molar-refractivity contribution in [2.24, 2.45) is 28.7 Å². The molecule has 4 rings (SSSR count). The molecular weight excluding hydrogens is 642 g/mol. The van der Waals surface area contributed by atoms with Crippen molar-refractivity contribution in [3.63, 3.8) is 0 Å². The molecule has 19 N–H and O–H groups in total. The Bertz CT molecular complexity index is 952. The summed E-state index contributed by atoms with van der Waals surface area (Å²) in [4.78, 5) is 0. The van der Waals surface area contributed by atoms with Gasteiger partial charge in [0.15, 0.2) is 18.9 Å². The van der Waals surface area contributed by atoms with Gasteiger partial charge in [-0.1, -0.05) is 0 Å². The Kier molecular flexibility index (Phi) is 15.5. The second kappa shape index (κ2) is 18.6. The Morgan fingerprint density at radius 1 is 0.750 bits per heavy atom. The molecular formula is C28H57N7O13. The van der Waals surface area contributed by atoms with Gasteiger partial charge in [0.05, 0.1) is 43.6 Å². The first-order valence-electron chi connectivity index (χ1n) is 16.6. The SMILES string of the molecule is NCC(O)CN[C@@H]1C[C@H](N)[C@@H](O[C@H]2O[C@H](CNCCO)CC[C@H]2N)[C@H](O[C@@H]2O[C@H](CO)[C@@H](O[C@H]3O[C@@H](CN)[C@@H](O)[C@H](O)[C@H]3N)[C@H]2O)[C@H]1O. The molecule has 0 aromatic heterocycles. The van der Waals surface area contributed by atoms with Crippen LogP contribution in [0.25, 0.3) is 0 Å². The van der Waals surface area contributed by atoms with E-state index in [1.165, 1.54) is 0 Å². The largest absolute Gasteiger partial charge is 0.395 e. The molecule has 0 spiro atoms. The molecule has 4 aliphatic rings. The van der Waals surface area contributed by atoms with Crippen LogP contribution >= 0.6 is 0 Å². The summed E-state index contributed by atoms with van der Waals surface area (Å²) in [5.74, 6) is 0. The molecule has 0 aromatic carbocycles. The lowest BCUT2D eigenvalue weighted by Gasteiger charge is -2.47. The molecule has 4 fully saturated rings. The maximum absolute atomic E-state index is 11.6. The predicted molar refractivity (Wildman–Crippen MR) is 165 cm³/mol. The molecule has 3 saturated heterocycles. The van der Waals surface area contributed by atoms with Gasteiger partial charge in [-0.2, -0.15) is 0 Å². The molecule has 282 valence electrons. The summed E-state index contributed by atoms with van der Waals surface area (Å²) >= 11 is 0. The van der Waals surface area contributed by atoms with Crippen molar-refractivity contribution < 1.29 is 64.2 Å². The highest BCUT2D eigenvalue weighted by Gasteiger charge is 2.54. The van der Waals surface area contributed by atoms with Gasteiger partial charge in [-0.15, -0.1) is 0 Å². The van der Waals surface area contributed by atoms with Crippen molar-refractivity contribution in [2.75, 3.05) is 45.9 Å². The highest BCUT2D eigenvalue weighted by atomic mass is 16.8. The van der Waals surface area contributed by atoms with Crippen LogP contribution in [0.4, 0.5) is 0 Å². The van der Waals surface area contributed by atoms with E-state index in [0.717, 1.165) is 0 Å². The van der Waals surface area contributed by atoms with E-state index in [1.54, 1.807) is 0 Å². The fraction of sp³-hybridized carbons (Fsp3) is 1.00. The van der Waals surface area contributed by atoms with Crippen LogP contribution in [0.5, 0.6) is 0 Å². The molecule has 1 aliphatic carbocycles. The van der Waals surface area contributed by atoms with E-state index in [1.807, 2.05) is 0 Å². The van der Waals surface area contributed by atoms with Crippen molar-refractivity contribution in [2.45, 2.75) is 129 Å². The molecule has 20 nitrogen and oxygen atoms in total. The van der Waals surface area contributed by atoms with Gasteiger partial charge in [0.1, 0.15) is 48.8 Å².